The van der Waals surface area contributed by atoms with Crippen LogP contribution >= 0.6 is 0 Å². The van der Waals surface area contributed by atoms with E-state index in [0.717, 1.165) is 0 Å². The Balaban J connectivity index is 2.47. The fraction of sp³-hybridized carbons (Fsp3) is 0.600. The second-order valence-electron chi connectivity index (χ2n) is 4.00. The first-order chi connectivity index (χ1) is 6.06. The molecule has 1 saturated heterocycles. The lowest BCUT2D eigenvalue weighted by Gasteiger charge is -2.32. The van der Waals surface area contributed by atoms with Crippen molar-refractivity contribution in [3.05, 3.63) is 12.2 Å². The van der Waals surface area contributed by atoms with Crippen molar-refractivity contribution in [3.63, 3.8) is 0 Å². The number of hydrogen-bond acceptors (Lipinski definition) is 3. The molecule has 0 radical (unpaired) electrons. The van der Waals surface area contributed by atoms with E-state index >= 15 is 0 Å². The highest BCUT2D eigenvalue weighted by Crippen LogP contribution is 2.47. The van der Waals surface area contributed by atoms with Crippen molar-refractivity contribution < 1.29 is 14.3 Å². The lowest BCUT2D eigenvalue weighted by molar-refractivity contribution is -0.155. The molecule has 0 saturated carbocycles. The van der Waals surface area contributed by atoms with Gasteiger partial charge in [0.25, 0.3) is 0 Å². The van der Waals surface area contributed by atoms with Crippen molar-refractivity contribution in [2.24, 2.45) is 17.3 Å². The average molecular weight is 180 g/mol. The van der Waals surface area contributed by atoms with Crippen molar-refractivity contribution in [1.82, 2.24) is 0 Å². The van der Waals surface area contributed by atoms with E-state index in [4.69, 9.17) is 0 Å². The van der Waals surface area contributed by atoms with Crippen LogP contribution in [0.3, 0.4) is 0 Å². The van der Waals surface area contributed by atoms with Gasteiger partial charge in [0.05, 0.1) is 11.3 Å². The number of esters is 2. The second-order valence-corrected chi connectivity index (χ2v) is 4.00. The molecule has 70 valence electrons. The number of ether oxygens (including phenoxy) is 1. The molecule has 1 heterocycles. The zero-order valence-corrected chi connectivity index (χ0v) is 7.74. The van der Waals surface area contributed by atoms with Crippen LogP contribution < -0.4 is 0 Å². The van der Waals surface area contributed by atoms with Gasteiger partial charge in [-0.1, -0.05) is 19.1 Å². The second kappa shape index (κ2) is 2.44. The smallest absolute Gasteiger partial charge is 0.320 e. The first-order valence-corrected chi connectivity index (χ1v) is 4.49. The van der Waals surface area contributed by atoms with Gasteiger partial charge in [0, 0.05) is 0 Å². The Labute approximate surface area is 76.8 Å². The van der Waals surface area contributed by atoms with Gasteiger partial charge in [0.1, 0.15) is 0 Å². The summed E-state index contributed by atoms with van der Waals surface area (Å²) in [6.07, 6.45) is 4.57. The number of allylic oxidation sites excluding steroid dienone is 2. The van der Waals surface area contributed by atoms with Crippen LogP contribution in [0.5, 0.6) is 0 Å². The summed E-state index contributed by atoms with van der Waals surface area (Å²) in [5.41, 5.74) is -0.619. The minimum atomic E-state index is -0.619. The van der Waals surface area contributed by atoms with Gasteiger partial charge in [-0.15, -0.1) is 0 Å². The van der Waals surface area contributed by atoms with E-state index in [9.17, 15) is 9.59 Å². The van der Waals surface area contributed by atoms with E-state index in [-0.39, 0.29) is 23.8 Å². The van der Waals surface area contributed by atoms with Gasteiger partial charge < -0.3 is 4.74 Å². The summed E-state index contributed by atoms with van der Waals surface area (Å²) in [6, 6.07) is 0. The fourth-order valence-electron chi connectivity index (χ4n) is 2.12. The minimum Gasteiger partial charge on any atom is -0.392 e. The van der Waals surface area contributed by atoms with Crippen LogP contribution in [0.4, 0.5) is 0 Å². The number of carbonyl (C=O) groups is 2. The molecular weight excluding hydrogens is 168 g/mol. The number of hydrogen-bond donors (Lipinski definition) is 0. The number of rotatable bonds is 0. The molecule has 13 heavy (non-hydrogen) atoms. The summed E-state index contributed by atoms with van der Waals surface area (Å²) in [5, 5.41) is 0. The predicted octanol–water partition coefficient (Wildman–Crippen LogP) is 1.29. The van der Waals surface area contributed by atoms with Crippen molar-refractivity contribution in [1.29, 1.82) is 0 Å². The monoisotopic (exact) mass is 180 g/mol. The number of fused-ring (bicyclic) bond motifs is 1. The Morgan fingerprint density at radius 2 is 2.23 bits per heavy atom. The van der Waals surface area contributed by atoms with Crippen LogP contribution in [-0.4, -0.2) is 11.9 Å². The standard InChI is InChI=1S/C10H12O3/c1-6-4-3-5-7-8(11)13-9(12)10(6,7)2/h3-4,6-7H,5H2,1-2H3. The lowest BCUT2D eigenvalue weighted by atomic mass is 9.66. The molecule has 0 amide bonds. The molecule has 0 N–H and O–H groups in total. The highest BCUT2D eigenvalue weighted by Gasteiger charge is 2.57. The van der Waals surface area contributed by atoms with Gasteiger partial charge in [0.2, 0.25) is 0 Å². The van der Waals surface area contributed by atoms with Crippen molar-refractivity contribution in [2.75, 3.05) is 0 Å². The minimum absolute atomic E-state index is 0.0881. The molecule has 1 aliphatic heterocycles. The van der Waals surface area contributed by atoms with E-state index in [1.54, 1.807) is 0 Å². The Morgan fingerprint density at radius 3 is 2.85 bits per heavy atom. The van der Waals surface area contributed by atoms with Crippen LogP contribution in [0.2, 0.25) is 0 Å². The van der Waals surface area contributed by atoms with Gasteiger partial charge >= 0.3 is 11.9 Å². The Morgan fingerprint density at radius 1 is 1.54 bits per heavy atom. The van der Waals surface area contributed by atoms with E-state index in [1.807, 2.05) is 26.0 Å². The highest BCUT2D eigenvalue weighted by molar-refractivity contribution is 5.99. The third-order valence-electron chi connectivity index (χ3n) is 3.38. The molecule has 3 nitrogen and oxygen atoms in total. The summed E-state index contributed by atoms with van der Waals surface area (Å²) < 4.78 is 4.66. The van der Waals surface area contributed by atoms with E-state index in [1.165, 1.54) is 0 Å². The first kappa shape index (κ1) is 8.48. The van der Waals surface area contributed by atoms with E-state index in [2.05, 4.69) is 4.74 Å². The number of carbonyl (C=O) groups excluding carboxylic acids is 2. The molecule has 2 aliphatic rings. The molecule has 1 fully saturated rings. The van der Waals surface area contributed by atoms with Crippen LogP contribution in [0, 0.1) is 17.3 Å². The predicted molar refractivity (Wildman–Crippen MR) is 45.6 cm³/mol. The topological polar surface area (TPSA) is 43.4 Å². The molecule has 0 aromatic heterocycles. The maximum absolute atomic E-state index is 11.5. The Hall–Kier alpha value is -1.12. The molecule has 3 unspecified atom stereocenters. The molecule has 3 atom stereocenters. The molecule has 1 aliphatic carbocycles. The van der Waals surface area contributed by atoms with Crippen molar-refractivity contribution in [2.45, 2.75) is 20.3 Å². The zero-order valence-electron chi connectivity index (χ0n) is 7.74. The summed E-state index contributed by atoms with van der Waals surface area (Å²) in [4.78, 5) is 22.8. The van der Waals surface area contributed by atoms with E-state index in [0.29, 0.717) is 6.42 Å². The molecular formula is C10H12O3. The van der Waals surface area contributed by atoms with Crippen molar-refractivity contribution in [3.8, 4) is 0 Å². The molecule has 2 rings (SSSR count). The largest absolute Gasteiger partial charge is 0.392 e. The molecule has 0 aromatic carbocycles. The zero-order chi connectivity index (χ0) is 9.64. The maximum Gasteiger partial charge on any atom is 0.320 e. The Kier molecular flexibility index (Phi) is 1.59. The lowest BCUT2D eigenvalue weighted by Crippen LogP contribution is -2.38. The maximum atomic E-state index is 11.5. The third-order valence-corrected chi connectivity index (χ3v) is 3.38. The van der Waals surface area contributed by atoms with Crippen molar-refractivity contribution >= 4 is 11.9 Å². The quantitative estimate of drug-likeness (QED) is 0.320. The SMILES string of the molecule is CC1C=CCC2C(=O)OC(=O)C12C. The summed E-state index contributed by atoms with van der Waals surface area (Å²) in [5.74, 6) is -0.895. The van der Waals surface area contributed by atoms with Gasteiger partial charge in [0.15, 0.2) is 0 Å². The van der Waals surface area contributed by atoms with Gasteiger partial charge in [-0.2, -0.15) is 0 Å². The highest BCUT2D eigenvalue weighted by atomic mass is 16.6. The van der Waals surface area contributed by atoms with Crippen LogP contribution in [0.15, 0.2) is 12.2 Å². The number of cyclic esters (lactones) is 2. The first-order valence-electron chi connectivity index (χ1n) is 4.49. The van der Waals surface area contributed by atoms with Gasteiger partial charge in [-0.05, 0) is 19.3 Å². The van der Waals surface area contributed by atoms with Gasteiger partial charge in [-0.3, -0.25) is 9.59 Å². The molecule has 0 bridgehead atoms. The summed E-state index contributed by atoms with van der Waals surface area (Å²) in [7, 11) is 0. The molecule has 3 heteroatoms. The molecule has 0 aromatic rings. The van der Waals surface area contributed by atoms with Gasteiger partial charge in [-0.25, -0.2) is 0 Å². The van der Waals surface area contributed by atoms with Crippen LogP contribution in [-0.2, 0) is 14.3 Å². The van der Waals surface area contributed by atoms with E-state index < -0.39 is 5.41 Å². The summed E-state index contributed by atoms with van der Waals surface area (Å²) in [6.45, 7) is 3.77. The van der Waals surface area contributed by atoms with Crippen LogP contribution in [0.25, 0.3) is 0 Å². The fourth-order valence-corrected chi connectivity index (χ4v) is 2.12. The normalized spacial score (nSPS) is 43.2. The average Bonchev–Trinajstić information content (AvgIpc) is 2.29. The summed E-state index contributed by atoms with van der Waals surface area (Å²) >= 11 is 0. The molecule has 0 spiro atoms. The Bertz CT molecular complexity index is 305. The third kappa shape index (κ3) is 0.900. The van der Waals surface area contributed by atoms with Crippen LogP contribution in [0.1, 0.15) is 20.3 Å².